The summed E-state index contributed by atoms with van der Waals surface area (Å²) in [6.45, 7) is 1.54. The molecule has 3 aromatic rings. The highest BCUT2D eigenvalue weighted by molar-refractivity contribution is 6.34. The van der Waals surface area contributed by atoms with Crippen LogP contribution < -0.4 is 10.2 Å². The molecule has 1 aliphatic heterocycles. The van der Waals surface area contributed by atoms with Gasteiger partial charge in [0, 0.05) is 24.7 Å². The summed E-state index contributed by atoms with van der Waals surface area (Å²) in [5.41, 5.74) is 2.85. The Kier molecular flexibility index (Phi) is 5.72. The van der Waals surface area contributed by atoms with E-state index in [1.165, 1.54) is 11.6 Å². The van der Waals surface area contributed by atoms with Gasteiger partial charge in [0.1, 0.15) is 0 Å². The first-order valence-electron chi connectivity index (χ1n) is 9.76. The van der Waals surface area contributed by atoms with Gasteiger partial charge in [-0.2, -0.15) is 0 Å². The monoisotopic (exact) mass is 420 g/mol. The smallest absolute Gasteiger partial charge is 0.337 e. The molecule has 0 bridgehead atoms. The minimum absolute atomic E-state index is 0.167. The maximum absolute atomic E-state index is 12.5. The lowest BCUT2D eigenvalue weighted by molar-refractivity contribution is 0.0697. The summed E-state index contributed by atoms with van der Waals surface area (Å²) >= 11 is 6.08. The normalized spacial score (nSPS) is 15.8. The fourth-order valence-corrected chi connectivity index (χ4v) is 4.10. The predicted molar refractivity (Wildman–Crippen MR) is 119 cm³/mol. The number of hydrogen-bond donors (Lipinski definition) is 2. The SMILES string of the molecule is O=C(Nc1ccc(N2CC[C@@H](c3ccccc3)C2)c(C(=O)O)c1)c1ccccc1Cl. The summed E-state index contributed by atoms with van der Waals surface area (Å²) in [6, 6.07) is 22.0. The molecule has 30 heavy (non-hydrogen) atoms. The number of carboxylic acids is 1. The fraction of sp³-hybridized carbons (Fsp3) is 0.167. The molecule has 1 saturated heterocycles. The summed E-state index contributed by atoms with van der Waals surface area (Å²) < 4.78 is 0. The van der Waals surface area contributed by atoms with E-state index < -0.39 is 5.97 Å². The second-order valence-electron chi connectivity index (χ2n) is 7.31. The molecule has 0 saturated carbocycles. The van der Waals surface area contributed by atoms with E-state index in [1.54, 1.807) is 36.4 Å². The van der Waals surface area contributed by atoms with Gasteiger partial charge >= 0.3 is 5.97 Å². The number of aromatic carboxylic acids is 1. The first-order chi connectivity index (χ1) is 14.5. The van der Waals surface area contributed by atoms with Crippen LogP contribution in [0.5, 0.6) is 0 Å². The molecule has 5 nitrogen and oxygen atoms in total. The maximum Gasteiger partial charge on any atom is 0.337 e. The van der Waals surface area contributed by atoms with E-state index in [4.69, 9.17) is 11.6 Å². The standard InChI is InChI=1S/C24H21ClN2O3/c25-21-9-5-4-8-19(21)23(28)26-18-10-11-22(20(14-18)24(29)30)27-13-12-17(15-27)16-6-2-1-3-7-16/h1-11,14,17H,12-13,15H2,(H,26,28)(H,29,30)/t17-/m1/s1. The minimum Gasteiger partial charge on any atom is -0.478 e. The van der Waals surface area contributed by atoms with E-state index in [9.17, 15) is 14.7 Å². The molecule has 0 spiro atoms. The van der Waals surface area contributed by atoms with Gasteiger partial charge in [-0.1, -0.05) is 54.1 Å². The van der Waals surface area contributed by atoms with Crippen LogP contribution in [0.1, 0.15) is 38.6 Å². The number of amides is 1. The van der Waals surface area contributed by atoms with Crippen LogP contribution in [-0.2, 0) is 0 Å². The van der Waals surface area contributed by atoms with Gasteiger partial charge < -0.3 is 15.3 Å². The van der Waals surface area contributed by atoms with Gasteiger partial charge in [-0.15, -0.1) is 0 Å². The van der Waals surface area contributed by atoms with Crippen molar-refractivity contribution < 1.29 is 14.7 Å². The lowest BCUT2D eigenvalue weighted by Gasteiger charge is -2.21. The Bertz CT molecular complexity index is 1080. The Morgan fingerprint density at radius 1 is 0.967 bits per heavy atom. The molecule has 3 aromatic carbocycles. The maximum atomic E-state index is 12.5. The number of anilines is 2. The Labute approximate surface area is 179 Å². The van der Waals surface area contributed by atoms with E-state index in [0.29, 0.717) is 27.9 Å². The summed E-state index contributed by atoms with van der Waals surface area (Å²) in [5.74, 6) is -1.04. The van der Waals surface area contributed by atoms with Crippen molar-refractivity contribution in [2.24, 2.45) is 0 Å². The van der Waals surface area contributed by atoms with Gasteiger partial charge in [0.2, 0.25) is 0 Å². The Hall–Kier alpha value is -3.31. The van der Waals surface area contributed by atoms with E-state index in [1.807, 2.05) is 18.2 Å². The summed E-state index contributed by atoms with van der Waals surface area (Å²) in [7, 11) is 0. The third kappa shape index (κ3) is 4.16. The van der Waals surface area contributed by atoms with Crippen LogP contribution in [0.25, 0.3) is 0 Å². The molecule has 4 rings (SSSR count). The Morgan fingerprint density at radius 3 is 2.43 bits per heavy atom. The molecular weight excluding hydrogens is 400 g/mol. The first kappa shape index (κ1) is 20.0. The molecule has 0 aliphatic carbocycles. The summed E-state index contributed by atoms with van der Waals surface area (Å²) in [4.78, 5) is 26.5. The van der Waals surface area contributed by atoms with Crippen LogP contribution in [0.4, 0.5) is 11.4 Å². The van der Waals surface area contributed by atoms with Crippen molar-refractivity contribution in [1.29, 1.82) is 0 Å². The van der Waals surface area contributed by atoms with Crippen LogP contribution in [0.3, 0.4) is 0 Å². The van der Waals surface area contributed by atoms with E-state index in [-0.39, 0.29) is 11.5 Å². The van der Waals surface area contributed by atoms with Crippen molar-refractivity contribution >= 4 is 34.9 Å². The average Bonchev–Trinajstić information content (AvgIpc) is 3.24. The molecule has 2 N–H and O–H groups in total. The molecule has 1 fully saturated rings. The summed E-state index contributed by atoms with van der Waals surface area (Å²) in [5, 5.41) is 12.9. The lowest BCUT2D eigenvalue weighted by atomic mass is 9.99. The van der Waals surface area contributed by atoms with Gasteiger partial charge in [-0.3, -0.25) is 4.79 Å². The highest BCUT2D eigenvalue weighted by Crippen LogP contribution is 2.33. The van der Waals surface area contributed by atoms with Crippen LogP contribution in [0.15, 0.2) is 72.8 Å². The Balaban J connectivity index is 1.55. The van der Waals surface area contributed by atoms with Crippen molar-refractivity contribution in [2.45, 2.75) is 12.3 Å². The number of rotatable bonds is 5. The largest absolute Gasteiger partial charge is 0.478 e. The van der Waals surface area contributed by atoms with Gasteiger partial charge in [-0.25, -0.2) is 4.79 Å². The van der Waals surface area contributed by atoms with Gasteiger partial charge in [0.05, 0.1) is 21.8 Å². The van der Waals surface area contributed by atoms with Crippen molar-refractivity contribution in [3.63, 3.8) is 0 Å². The van der Waals surface area contributed by atoms with E-state index >= 15 is 0 Å². The van der Waals surface area contributed by atoms with Crippen LogP contribution in [0.2, 0.25) is 5.02 Å². The zero-order valence-electron chi connectivity index (χ0n) is 16.2. The van der Waals surface area contributed by atoms with E-state index in [2.05, 4.69) is 22.3 Å². The molecule has 0 unspecified atom stereocenters. The second-order valence-corrected chi connectivity index (χ2v) is 7.72. The second kappa shape index (κ2) is 8.59. The predicted octanol–water partition coefficient (Wildman–Crippen LogP) is 5.28. The molecule has 1 atom stereocenters. The fourth-order valence-electron chi connectivity index (χ4n) is 3.88. The highest BCUT2D eigenvalue weighted by Gasteiger charge is 2.27. The van der Waals surface area contributed by atoms with Crippen molar-refractivity contribution in [2.75, 3.05) is 23.3 Å². The van der Waals surface area contributed by atoms with Crippen molar-refractivity contribution in [3.8, 4) is 0 Å². The number of halogens is 1. The van der Waals surface area contributed by atoms with Crippen molar-refractivity contribution in [1.82, 2.24) is 0 Å². The molecule has 6 heteroatoms. The number of carbonyl (C=O) groups is 2. The van der Waals surface area contributed by atoms with Crippen LogP contribution in [-0.4, -0.2) is 30.1 Å². The molecule has 1 aliphatic rings. The molecule has 1 heterocycles. The number of carbonyl (C=O) groups excluding carboxylic acids is 1. The first-order valence-corrected chi connectivity index (χ1v) is 10.1. The summed E-state index contributed by atoms with van der Waals surface area (Å²) in [6.07, 6.45) is 0.966. The highest BCUT2D eigenvalue weighted by atomic mass is 35.5. The van der Waals surface area contributed by atoms with Gasteiger partial charge in [-0.05, 0) is 42.3 Å². The Morgan fingerprint density at radius 2 is 1.70 bits per heavy atom. The quantitative estimate of drug-likeness (QED) is 0.588. The minimum atomic E-state index is -1.03. The number of nitrogens with one attached hydrogen (secondary N) is 1. The van der Waals surface area contributed by atoms with Gasteiger partial charge in [0.15, 0.2) is 0 Å². The molecule has 152 valence electrons. The topological polar surface area (TPSA) is 69.6 Å². The van der Waals surface area contributed by atoms with Gasteiger partial charge in [0.25, 0.3) is 5.91 Å². The average molecular weight is 421 g/mol. The molecular formula is C24H21ClN2O3. The third-order valence-electron chi connectivity index (χ3n) is 5.40. The van der Waals surface area contributed by atoms with Crippen molar-refractivity contribution in [3.05, 3.63) is 94.5 Å². The molecule has 0 radical (unpaired) electrons. The van der Waals surface area contributed by atoms with E-state index in [0.717, 1.165) is 19.5 Å². The zero-order valence-corrected chi connectivity index (χ0v) is 17.0. The van der Waals surface area contributed by atoms with Crippen LogP contribution in [0, 0.1) is 0 Å². The third-order valence-corrected chi connectivity index (χ3v) is 5.73. The molecule has 0 aromatic heterocycles. The zero-order chi connectivity index (χ0) is 21.1. The number of nitrogens with zero attached hydrogens (tertiary/aromatic N) is 1. The number of benzene rings is 3. The number of carboxylic acid groups (broad SMARTS) is 1. The number of hydrogen-bond acceptors (Lipinski definition) is 3. The molecule has 1 amide bonds. The lowest BCUT2D eigenvalue weighted by Crippen LogP contribution is -2.22. The van der Waals surface area contributed by atoms with Crippen LogP contribution >= 0.6 is 11.6 Å².